The molecule has 1 amide bonds. The fourth-order valence-electron chi connectivity index (χ4n) is 2.25. The largest absolute Gasteiger partial charge is 0.497 e. The predicted octanol–water partition coefficient (Wildman–Crippen LogP) is 4.72. The van der Waals surface area contributed by atoms with Crippen LogP contribution in [0.3, 0.4) is 0 Å². The van der Waals surface area contributed by atoms with Crippen LogP contribution >= 0.6 is 11.3 Å². The molecule has 0 saturated heterocycles. The maximum absolute atomic E-state index is 12.8. The summed E-state index contributed by atoms with van der Waals surface area (Å²) in [6, 6.07) is 5.51. The number of thiazole rings is 1. The van der Waals surface area contributed by atoms with Crippen molar-refractivity contribution in [1.29, 1.82) is 0 Å². The maximum Gasteiger partial charge on any atom is 0.416 e. The number of rotatable bonds is 5. The van der Waals surface area contributed by atoms with Gasteiger partial charge in [-0.1, -0.05) is 0 Å². The van der Waals surface area contributed by atoms with E-state index in [1.807, 2.05) is 46.8 Å². The molecule has 1 aromatic carbocycles. The highest BCUT2D eigenvalue weighted by Gasteiger charge is 2.27. The van der Waals surface area contributed by atoms with E-state index >= 15 is 0 Å². The zero-order valence-corrected chi connectivity index (χ0v) is 17.2. The highest BCUT2D eigenvalue weighted by atomic mass is 32.1. The minimum absolute atomic E-state index is 0.286. The minimum Gasteiger partial charge on any atom is -0.497 e. The van der Waals surface area contributed by atoms with Gasteiger partial charge in [0, 0.05) is 16.5 Å². The Hall–Kier alpha value is -2.28. The lowest BCUT2D eigenvalue weighted by Crippen LogP contribution is -2.36. The summed E-state index contributed by atoms with van der Waals surface area (Å²) in [4.78, 5) is 19.9. The quantitative estimate of drug-likeness (QED) is 0.753. The van der Waals surface area contributed by atoms with Crippen LogP contribution in [0.5, 0.6) is 11.5 Å². The van der Waals surface area contributed by atoms with E-state index in [2.05, 4.69) is 4.98 Å². The van der Waals surface area contributed by atoms with Gasteiger partial charge in [0.2, 0.25) is 0 Å². The predicted molar refractivity (Wildman–Crippen MR) is 104 cm³/mol. The lowest BCUT2D eigenvalue weighted by atomic mass is 10.1. The Labute approximate surface area is 158 Å². The number of carbonyl (C=O) groups is 1. The van der Waals surface area contributed by atoms with E-state index < -0.39 is 11.7 Å². The number of ether oxygens (including phenoxy) is 3. The van der Waals surface area contributed by atoms with Crippen molar-refractivity contribution in [2.45, 2.75) is 46.8 Å². The molecule has 2 aromatic rings. The van der Waals surface area contributed by atoms with E-state index in [4.69, 9.17) is 14.2 Å². The first-order valence-corrected chi connectivity index (χ1v) is 9.11. The van der Waals surface area contributed by atoms with Gasteiger partial charge in [-0.15, -0.1) is 11.3 Å². The van der Waals surface area contributed by atoms with Crippen LogP contribution in [0, 0.1) is 13.8 Å². The van der Waals surface area contributed by atoms with Gasteiger partial charge in [-0.25, -0.2) is 14.7 Å². The third kappa shape index (κ3) is 4.88. The van der Waals surface area contributed by atoms with Gasteiger partial charge in [0.1, 0.15) is 17.1 Å². The summed E-state index contributed by atoms with van der Waals surface area (Å²) < 4.78 is 16.3. The molecule has 0 aliphatic rings. The Kier molecular flexibility index (Phi) is 6.13. The first-order valence-electron chi connectivity index (χ1n) is 8.30. The fourth-order valence-corrected chi connectivity index (χ4v) is 3.15. The summed E-state index contributed by atoms with van der Waals surface area (Å²) in [7, 11) is 3.19. The molecule has 0 spiro atoms. The molecule has 7 heteroatoms. The molecule has 2 rings (SSSR count). The van der Waals surface area contributed by atoms with Gasteiger partial charge in [0.25, 0.3) is 0 Å². The normalized spacial score (nSPS) is 11.2. The fraction of sp³-hybridized carbons (Fsp3) is 0.474. The first kappa shape index (κ1) is 20.0. The standard InChI is InChI=1S/C19H26N2O4S/c1-12-13(2)26-17(20-12)21(18(22)25-19(3,4)5)11-14-8-9-15(23-6)10-16(14)24-7/h8-10H,11H2,1-7H3. The zero-order valence-electron chi connectivity index (χ0n) is 16.4. The molecule has 0 unspecified atom stereocenters. The molecular weight excluding hydrogens is 352 g/mol. The second-order valence-corrected chi connectivity index (χ2v) is 8.06. The number of aryl methyl sites for hydroxylation is 2. The summed E-state index contributed by atoms with van der Waals surface area (Å²) in [5.74, 6) is 1.33. The van der Waals surface area contributed by atoms with Gasteiger partial charge in [-0.3, -0.25) is 0 Å². The number of hydrogen-bond donors (Lipinski definition) is 0. The Morgan fingerprint density at radius 1 is 1.19 bits per heavy atom. The lowest BCUT2D eigenvalue weighted by molar-refractivity contribution is 0.0577. The molecule has 0 N–H and O–H groups in total. The van der Waals surface area contributed by atoms with Crippen LogP contribution in [0.15, 0.2) is 18.2 Å². The average Bonchev–Trinajstić information content (AvgIpc) is 2.89. The Morgan fingerprint density at radius 2 is 1.88 bits per heavy atom. The number of amides is 1. The van der Waals surface area contributed by atoms with Gasteiger partial charge in [-0.05, 0) is 46.8 Å². The van der Waals surface area contributed by atoms with Crippen molar-refractivity contribution in [3.05, 3.63) is 34.3 Å². The topological polar surface area (TPSA) is 60.9 Å². The van der Waals surface area contributed by atoms with E-state index in [1.165, 1.54) is 11.3 Å². The maximum atomic E-state index is 12.8. The Morgan fingerprint density at radius 3 is 2.38 bits per heavy atom. The molecule has 1 heterocycles. The second kappa shape index (κ2) is 7.95. The third-order valence-corrected chi connectivity index (χ3v) is 4.78. The molecule has 0 radical (unpaired) electrons. The highest BCUT2D eigenvalue weighted by molar-refractivity contribution is 7.15. The van der Waals surface area contributed by atoms with Crippen molar-refractivity contribution in [2.24, 2.45) is 0 Å². The Balaban J connectivity index is 2.40. The monoisotopic (exact) mass is 378 g/mol. The van der Waals surface area contributed by atoms with Crippen LogP contribution in [0.2, 0.25) is 0 Å². The Bertz CT molecular complexity index is 761. The van der Waals surface area contributed by atoms with Crippen LogP contribution in [0.25, 0.3) is 0 Å². The van der Waals surface area contributed by atoms with Gasteiger partial charge >= 0.3 is 6.09 Å². The lowest BCUT2D eigenvalue weighted by Gasteiger charge is -2.26. The summed E-state index contributed by atoms with van der Waals surface area (Å²) in [6.07, 6.45) is -0.441. The van der Waals surface area contributed by atoms with Crippen molar-refractivity contribution >= 4 is 22.6 Å². The van der Waals surface area contributed by atoms with Crippen LogP contribution in [0.1, 0.15) is 36.9 Å². The van der Waals surface area contributed by atoms with Crippen LogP contribution in [0.4, 0.5) is 9.93 Å². The van der Waals surface area contributed by atoms with Crippen LogP contribution in [-0.4, -0.2) is 30.9 Å². The number of benzene rings is 1. The van der Waals surface area contributed by atoms with Crippen molar-refractivity contribution in [3.63, 3.8) is 0 Å². The molecule has 0 bridgehead atoms. The summed E-state index contributed by atoms with van der Waals surface area (Å²) >= 11 is 1.47. The minimum atomic E-state index is -0.597. The summed E-state index contributed by atoms with van der Waals surface area (Å²) in [6.45, 7) is 9.73. The van der Waals surface area contributed by atoms with Gasteiger partial charge in [0.15, 0.2) is 5.13 Å². The molecular formula is C19H26N2O4S. The molecule has 1 aromatic heterocycles. The number of nitrogens with zero attached hydrogens (tertiary/aromatic N) is 2. The van der Waals surface area contributed by atoms with E-state index in [0.717, 1.165) is 16.1 Å². The van der Waals surface area contributed by atoms with Crippen molar-refractivity contribution < 1.29 is 19.0 Å². The molecule has 0 atom stereocenters. The van der Waals surface area contributed by atoms with Crippen molar-refractivity contribution in [3.8, 4) is 11.5 Å². The molecule has 0 saturated carbocycles. The van der Waals surface area contributed by atoms with Crippen LogP contribution < -0.4 is 14.4 Å². The van der Waals surface area contributed by atoms with Crippen molar-refractivity contribution in [2.75, 3.05) is 19.1 Å². The van der Waals surface area contributed by atoms with E-state index in [0.29, 0.717) is 16.6 Å². The number of hydrogen-bond acceptors (Lipinski definition) is 6. The van der Waals surface area contributed by atoms with Gasteiger partial charge in [0.05, 0.1) is 26.5 Å². The smallest absolute Gasteiger partial charge is 0.416 e. The average molecular weight is 378 g/mol. The van der Waals surface area contributed by atoms with E-state index in [-0.39, 0.29) is 6.54 Å². The van der Waals surface area contributed by atoms with E-state index in [1.54, 1.807) is 25.2 Å². The second-order valence-electron chi connectivity index (χ2n) is 6.88. The van der Waals surface area contributed by atoms with Gasteiger partial charge < -0.3 is 14.2 Å². The number of anilines is 1. The number of carbonyl (C=O) groups excluding carboxylic acids is 1. The number of aromatic nitrogens is 1. The molecule has 0 aliphatic carbocycles. The highest BCUT2D eigenvalue weighted by Crippen LogP contribution is 2.31. The molecule has 6 nitrogen and oxygen atoms in total. The number of methoxy groups -OCH3 is 2. The van der Waals surface area contributed by atoms with Gasteiger partial charge in [-0.2, -0.15) is 0 Å². The molecule has 0 fully saturated rings. The first-order chi connectivity index (χ1) is 12.1. The van der Waals surface area contributed by atoms with Crippen LogP contribution in [-0.2, 0) is 11.3 Å². The molecule has 26 heavy (non-hydrogen) atoms. The molecule has 142 valence electrons. The SMILES string of the molecule is COc1ccc(CN(C(=O)OC(C)(C)C)c2nc(C)c(C)s2)c(OC)c1. The molecule has 0 aliphatic heterocycles. The third-order valence-electron chi connectivity index (χ3n) is 3.68. The summed E-state index contributed by atoms with van der Waals surface area (Å²) in [5.41, 5.74) is 1.14. The van der Waals surface area contributed by atoms with Crippen molar-refractivity contribution in [1.82, 2.24) is 4.98 Å². The summed E-state index contributed by atoms with van der Waals surface area (Å²) in [5, 5.41) is 0.604. The van der Waals surface area contributed by atoms with E-state index in [9.17, 15) is 4.79 Å². The zero-order chi connectivity index (χ0) is 19.5.